The molecule has 0 radical (unpaired) electrons. The van der Waals surface area contributed by atoms with Crippen molar-refractivity contribution < 1.29 is 0 Å². The Labute approximate surface area is 87.3 Å². The van der Waals surface area contributed by atoms with Crippen molar-refractivity contribution in [2.24, 2.45) is 5.92 Å². The summed E-state index contributed by atoms with van der Waals surface area (Å²) in [6.07, 6.45) is 7.08. The van der Waals surface area contributed by atoms with Crippen molar-refractivity contribution in [1.29, 1.82) is 0 Å². The first kappa shape index (κ1) is 9.76. The van der Waals surface area contributed by atoms with Crippen molar-refractivity contribution in [1.82, 2.24) is 0 Å². The molecule has 0 bridgehead atoms. The Morgan fingerprint density at radius 2 is 1.71 bits per heavy atom. The van der Waals surface area contributed by atoms with Crippen molar-refractivity contribution in [3.8, 4) is 0 Å². The number of hydrogen-bond donors (Lipinski definition) is 0. The van der Waals surface area contributed by atoms with Gasteiger partial charge in [0.05, 0.1) is 0 Å². The van der Waals surface area contributed by atoms with Crippen LogP contribution >= 0.6 is 0 Å². The molecule has 0 heteroatoms. The molecule has 2 atom stereocenters. The van der Waals surface area contributed by atoms with Gasteiger partial charge in [-0.05, 0) is 30.2 Å². The van der Waals surface area contributed by atoms with Gasteiger partial charge in [-0.3, -0.25) is 0 Å². The van der Waals surface area contributed by atoms with E-state index in [1.165, 1.54) is 32.1 Å². The van der Waals surface area contributed by atoms with E-state index in [9.17, 15) is 0 Å². The van der Waals surface area contributed by atoms with E-state index in [2.05, 4.69) is 37.3 Å². The molecule has 2 rings (SSSR count). The maximum absolute atomic E-state index is 2.40. The van der Waals surface area contributed by atoms with Crippen LogP contribution in [0, 0.1) is 5.92 Å². The molecule has 0 N–H and O–H groups in total. The average molecular weight is 188 g/mol. The summed E-state index contributed by atoms with van der Waals surface area (Å²) in [7, 11) is 0. The minimum Gasteiger partial charge on any atom is -0.0625 e. The second-order valence-electron chi connectivity index (χ2n) is 4.73. The predicted molar refractivity (Wildman–Crippen MR) is 61.4 cm³/mol. The fourth-order valence-electron chi connectivity index (χ4n) is 2.63. The Kier molecular flexibility index (Phi) is 3.23. The van der Waals surface area contributed by atoms with Gasteiger partial charge in [0, 0.05) is 0 Å². The Morgan fingerprint density at radius 3 is 2.50 bits per heavy atom. The van der Waals surface area contributed by atoms with Crippen molar-refractivity contribution in [2.75, 3.05) is 0 Å². The molecule has 0 saturated heterocycles. The Morgan fingerprint density at radius 1 is 1.00 bits per heavy atom. The summed E-state index contributed by atoms with van der Waals surface area (Å²) >= 11 is 0. The van der Waals surface area contributed by atoms with Gasteiger partial charge in [-0.15, -0.1) is 0 Å². The summed E-state index contributed by atoms with van der Waals surface area (Å²) < 4.78 is 0. The van der Waals surface area contributed by atoms with E-state index in [1.807, 2.05) is 0 Å². The molecule has 14 heavy (non-hydrogen) atoms. The maximum atomic E-state index is 2.40. The second-order valence-corrected chi connectivity index (χ2v) is 4.73. The molecule has 0 aliphatic heterocycles. The highest BCUT2D eigenvalue weighted by Gasteiger charge is 2.18. The van der Waals surface area contributed by atoms with E-state index in [0.29, 0.717) is 0 Å². The molecular weight excluding hydrogens is 168 g/mol. The van der Waals surface area contributed by atoms with E-state index in [4.69, 9.17) is 0 Å². The lowest BCUT2D eigenvalue weighted by Gasteiger charge is -2.17. The van der Waals surface area contributed by atoms with Crippen LogP contribution in [0.1, 0.15) is 50.5 Å². The SMILES string of the molecule is C[C@@H]1CCCC[C@H](c2ccccc2)C1. The smallest absolute Gasteiger partial charge is 0.0159 e. The van der Waals surface area contributed by atoms with Crippen molar-refractivity contribution in [3.63, 3.8) is 0 Å². The van der Waals surface area contributed by atoms with Gasteiger partial charge in [0.15, 0.2) is 0 Å². The normalized spacial score (nSPS) is 28.4. The van der Waals surface area contributed by atoms with Gasteiger partial charge in [0.25, 0.3) is 0 Å². The molecule has 1 aliphatic rings. The Hall–Kier alpha value is -0.780. The first-order valence-electron chi connectivity index (χ1n) is 5.91. The van der Waals surface area contributed by atoms with Crippen LogP contribution in [0.2, 0.25) is 0 Å². The van der Waals surface area contributed by atoms with Crippen molar-refractivity contribution in [3.05, 3.63) is 35.9 Å². The minimum atomic E-state index is 0.827. The topological polar surface area (TPSA) is 0 Å². The van der Waals surface area contributed by atoms with Crippen LogP contribution in [0.3, 0.4) is 0 Å². The lowest BCUT2D eigenvalue weighted by Crippen LogP contribution is -2.01. The van der Waals surface area contributed by atoms with Crippen LogP contribution < -0.4 is 0 Å². The standard InChI is InChI=1S/C14H20/c1-12-7-5-6-10-14(11-12)13-8-3-2-4-9-13/h2-4,8-9,12,14H,5-7,10-11H2,1H3/t12-,14+/m1/s1. The molecule has 1 saturated carbocycles. The lowest BCUT2D eigenvalue weighted by molar-refractivity contribution is 0.471. The maximum Gasteiger partial charge on any atom is -0.0159 e. The second kappa shape index (κ2) is 4.63. The highest BCUT2D eigenvalue weighted by atomic mass is 14.2. The quantitative estimate of drug-likeness (QED) is 0.574. The Bertz CT molecular complexity index is 263. The predicted octanol–water partition coefficient (Wildman–Crippen LogP) is 4.37. The van der Waals surface area contributed by atoms with Crippen LogP contribution in [-0.4, -0.2) is 0 Å². The lowest BCUT2D eigenvalue weighted by atomic mass is 9.88. The summed E-state index contributed by atoms with van der Waals surface area (Å²) in [5.74, 6) is 1.75. The van der Waals surface area contributed by atoms with Crippen LogP contribution in [0.15, 0.2) is 30.3 Å². The van der Waals surface area contributed by atoms with E-state index in [-0.39, 0.29) is 0 Å². The molecule has 1 aromatic rings. The minimum absolute atomic E-state index is 0.827. The van der Waals surface area contributed by atoms with Gasteiger partial charge < -0.3 is 0 Å². The summed E-state index contributed by atoms with van der Waals surface area (Å²) in [5.41, 5.74) is 1.56. The number of rotatable bonds is 1. The van der Waals surface area contributed by atoms with Gasteiger partial charge in [-0.2, -0.15) is 0 Å². The highest BCUT2D eigenvalue weighted by molar-refractivity contribution is 5.19. The Balaban J connectivity index is 2.09. The third-order valence-electron chi connectivity index (χ3n) is 3.46. The van der Waals surface area contributed by atoms with Crippen molar-refractivity contribution in [2.45, 2.75) is 44.9 Å². The molecule has 1 fully saturated rings. The van der Waals surface area contributed by atoms with Gasteiger partial charge in [-0.25, -0.2) is 0 Å². The highest BCUT2D eigenvalue weighted by Crippen LogP contribution is 2.34. The van der Waals surface area contributed by atoms with Gasteiger partial charge in [-0.1, -0.05) is 56.5 Å². The van der Waals surface area contributed by atoms with Gasteiger partial charge in [0.1, 0.15) is 0 Å². The number of benzene rings is 1. The molecule has 76 valence electrons. The molecule has 0 heterocycles. The summed E-state index contributed by atoms with van der Waals surface area (Å²) in [5, 5.41) is 0. The fraction of sp³-hybridized carbons (Fsp3) is 0.571. The van der Waals surface area contributed by atoms with E-state index in [1.54, 1.807) is 5.56 Å². The van der Waals surface area contributed by atoms with E-state index in [0.717, 1.165) is 11.8 Å². The third kappa shape index (κ3) is 2.37. The van der Waals surface area contributed by atoms with Gasteiger partial charge in [0.2, 0.25) is 0 Å². The molecule has 0 spiro atoms. The van der Waals surface area contributed by atoms with Crippen molar-refractivity contribution >= 4 is 0 Å². The molecule has 0 amide bonds. The molecule has 0 nitrogen and oxygen atoms in total. The first-order valence-corrected chi connectivity index (χ1v) is 5.91. The summed E-state index contributed by atoms with van der Waals surface area (Å²) in [4.78, 5) is 0. The zero-order valence-corrected chi connectivity index (χ0v) is 9.08. The third-order valence-corrected chi connectivity index (χ3v) is 3.46. The summed E-state index contributed by atoms with van der Waals surface area (Å²) in [6, 6.07) is 11.0. The average Bonchev–Trinajstić information content (AvgIpc) is 2.44. The van der Waals surface area contributed by atoms with Crippen LogP contribution in [0.5, 0.6) is 0 Å². The molecule has 0 unspecified atom stereocenters. The fourth-order valence-corrected chi connectivity index (χ4v) is 2.63. The van der Waals surface area contributed by atoms with Gasteiger partial charge >= 0.3 is 0 Å². The van der Waals surface area contributed by atoms with Crippen LogP contribution in [-0.2, 0) is 0 Å². The van der Waals surface area contributed by atoms with E-state index >= 15 is 0 Å². The largest absolute Gasteiger partial charge is 0.0625 e. The monoisotopic (exact) mass is 188 g/mol. The number of hydrogen-bond acceptors (Lipinski definition) is 0. The molecule has 1 aromatic carbocycles. The van der Waals surface area contributed by atoms with Crippen LogP contribution in [0.4, 0.5) is 0 Å². The molecule has 1 aliphatic carbocycles. The zero-order valence-electron chi connectivity index (χ0n) is 9.08. The van der Waals surface area contributed by atoms with Crippen LogP contribution in [0.25, 0.3) is 0 Å². The van der Waals surface area contributed by atoms with E-state index < -0.39 is 0 Å². The first-order chi connectivity index (χ1) is 6.86. The summed E-state index contributed by atoms with van der Waals surface area (Å²) in [6.45, 7) is 2.40. The molecular formula is C14H20. The zero-order chi connectivity index (χ0) is 9.80. The molecule has 0 aromatic heterocycles.